The summed E-state index contributed by atoms with van der Waals surface area (Å²) >= 11 is 0. The summed E-state index contributed by atoms with van der Waals surface area (Å²) < 4.78 is 146. The number of methoxy groups -OCH3 is 1. The van der Waals surface area contributed by atoms with Crippen molar-refractivity contribution in [2.75, 3.05) is 73.3 Å². The van der Waals surface area contributed by atoms with E-state index in [1.54, 1.807) is 0 Å². The Hall–Kier alpha value is -5.69. The van der Waals surface area contributed by atoms with Gasteiger partial charge in [0, 0.05) is 54.6 Å². The Morgan fingerprint density at radius 2 is 0.583 bits per heavy atom. The topological polar surface area (TPSA) is 931 Å². The van der Waals surface area contributed by atoms with Crippen molar-refractivity contribution in [1.29, 1.82) is 0 Å². The Bertz CT molecular complexity index is 3960. The van der Waals surface area contributed by atoms with Gasteiger partial charge in [0.15, 0.2) is 50.3 Å². The predicted octanol–water partition coefficient (Wildman–Crippen LogP) is -21.1. The largest absolute Gasteiger partial charge is 0.477 e. The monoisotopic (exact) mass is 2040 g/mol. The number of alkyl halides is 2. The summed E-state index contributed by atoms with van der Waals surface area (Å²) in [7, 11) is 1.07. The number of hydrogen-bond donors (Lipinski definition) is 33. The van der Waals surface area contributed by atoms with Crippen molar-refractivity contribution in [2.45, 2.75) is 365 Å². The number of rotatable bonds is 40. The second-order valence-electron chi connectivity index (χ2n) is 34.7. The van der Waals surface area contributed by atoms with Crippen molar-refractivity contribution in [1.82, 2.24) is 26.6 Å². The average molecular weight is 2040 g/mol. The lowest BCUT2D eigenvalue weighted by Gasteiger charge is -2.51. The summed E-state index contributed by atoms with van der Waals surface area (Å²) in [5.74, 6) is -15.9. The van der Waals surface area contributed by atoms with Crippen molar-refractivity contribution in [3.05, 3.63) is 0 Å². The number of carbonyl (C=O) groups excluding carboxylic acids is 5. The number of aliphatic carboxylic acids is 2. The molecule has 0 bridgehead atoms. The molecule has 10 aliphatic rings. The summed E-state index contributed by atoms with van der Waals surface area (Å²) in [6.45, 7) is -8.85. The number of ether oxygens (including phenoxy) is 20. The van der Waals surface area contributed by atoms with Crippen LogP contribution >= 0.6 is 0 Å². The first-order valence-corrected chi connectivity index (χ1v) is 43.7. The molecule has 0 aromatic rings. The number of aliphatic hydroxyl groups is 26. The van der Waals surface area contributed by atoms with Crippen molar-refractivity contribution in [3.63, 3.8) is 0 Å². The van der Waals surface area contributed by atoms with Crippen LogP contribution in [0.15, 0.2) is 0 Å². The van der Waals surface area contributed by atoms with Gasteiger partial charge < -0.3 is 264 Å². The van der Waals surface area contributed by atoms with Crippen LogP contribution in [0, 0.1) is 0 Å². The molecule has 10 heterocycles. The van der Waals surface area contributed by atoms with Crippen molar-refractivity contribution >= 4 is 41.5 Å². The third kappa shape index (κ3) is 25.4. The number of carboxylic acid groups (broad SMARTS) is 2. The molecule has 802 valence electrons. The quantitative estimate of drug-likeness (QED) is 0.0271. The first-order chi connectivity index (χ1) is 65.5. The minimum Gasteiger partial charge on any atom is -0.477 e. The highest BCUT2D eigenvalue weighted by Gasteiger charge is 2.66. The number of halogens is 2. The molecule has 10 fully saturated rings. The van der Waals surface area contributed by atoms with E-state index in [-0.39, 0.29) is 0 Å². The van der Waals surface area contributed by atoms with Gasteiger partial charge >= 0.3 is 11.9 Å². The fraction of sp³-hybridized carbons (Fsp3) is 0.909. The molecule has 33 N–H and O–H groups in total. The molecule has 62 heteroatoms. The summed E-state index contributed by atoms with van der Waals surface area (Å²) in [5, 5.41) is 329. The molecule has 5 amide bonds. The Morgan fingerprint density at radius 1 is 0.317 bits per heavy atom. The molecule has 48 unspecified atom stereocenters. The fourth-order valence-corrected chi connectivity index (χ4v) is 17.9. The highest BCUT2D eigenvalue weighted by atomic mass is 19.1. The van der Waals surface area contributed by atoms with Gasteiger partial charge in [-0.1, -0.05) is 0 Å². The summed E-state index contributed by atoms with van der Waals surface area (Å²) in [6.07, 6.45) is -106. The minimum absolute atomic E-state index is 0.820. The van der Waals surface area contributed by atoms with Crippen LogP contribution in [0.1, 0.15) is 47.5 Å². The summed E-state index contributed by atoms with van der Waals surface area (Å²) in [6, 6.07) is -9.52. The Kier molecular flexibility index (Phi) is 41.2. The third-order valence-corrected chi connectivity index (χ3v) is 25.0. The van der Waals surface area contributed by atoms with E-state index in [1.165, 1.54) is 0 Å². The van der Waals surface area contributed by atoms with Gasteiger partial charge in [0.05, 0.1) is 77.1 Å². The van der Waals surface area contributed by atoms with Crippen LogP contribution in [0.25, 0.3) is 0 Å². The van der Waals surface area contributed by atoms with Gasteiger partial charge in [0.1, 0.15) is 245 Å². The maximum atomic E-state index is 13.9. The molecular weight excluding hydrogens is 1910 g/mol. The molecule has 0 spiro atoms. The molecule has 10 rings (SSSR count). The molecule has 0 aliphatic carbocycles. The zero-order valence-electron chi connectivity index (χ0n) is 74.7. The van der Waals surface area contributed by atoms with Crippen LogP contribution in [-0.2, 0) is 128 Å². The van der Waals surface area contributed by atoms with Crippen LogP contribution in [0.2, 0.25) is 0 Å². The van der Waals surface area contributed by atoms with Crippen LogP contribution < -0.4 is 26.6 Å². The van der Waals surface area contributed by atoms with Gasteiger partial charge in [-0.05, 0) is 0 Å². The van der Waals surface area contributed by atoms with Gasteiger partial charge in [0.2, 0.25) is 29.5 Å². The van der Waals surface area contributed by atoms with Crippen LogP contribution in [0.3, 0.4) is 0 Å². The van der Waals surface area contributed by atoms with Gasteiger partial charge in [0.25, 0.3) is 11.6 Å². The number of hydrogen-bond acceptors (Lipinski definition) is 53. The number of amides is 5. The van der Waals surface area contributed by atoms with E-state index >= 15 is 0 Å². The lowest BCUT2D eigenvalue weighted by atomic mass is 9.88. The summed E-state index contributed by atoms with van der Waals surface area (Å²) in [5.41, 5.74) is 0. The van der Waals surface area contributed by atoms with E-state index in [9.17, 15) is 185 Å². The van der Waals surface area contributed by atoms with E-state index in [2.05, 4.69) is 26.6 Å². The molecule has 0 saturated carbocycles. The normalized spacial score (nSPS) is 45.9. The molecule has 60 nitrogen and oxygen atoms in total. The number of nitrogens with one attached hydrogen (secondary N) is 5. The zero-order chi connectivity index (χ0) is 103. The van der Waals surface area contributed by atoms with Crippen LogP contribution in [0.4, 0.5) is 8.78 Å². The molecule has 10 saturated heterocycles. The fourth-order valence-electron chi connectivity index (χ4n) is 17.9. The van der Waals surface area contributed by atoms with Crippen molar-refractivity contribution in [3.8, 4) is 0 Å². The standard InChI is InChI=1S/C77H125F2N5O55/c1-19(92)80-36-24(97)7-76(74(116)117,136-59(36)41(101)26(99)9-78)138-62-45(105)30(13-87)122-70(54(62)114)131-57-33(16-90)127-67(39(49(57)109)83-22(4)95)134-64-51(111)43(103)28(11-85)124-72(64)121-18-35-47(107)61(53(113)69(129-35)130-56-32(15-89)126-66(120-6)38(48(56)108)82-21(3)94)133-73-65(52(112)44(104)29(12-86)125-73)135-68-40(84-23(5)96)50(110)58(34(17-91)128-68)132-71-55(115)63(46(106)31(14-88)123-71)139-77(75(118)119)8-25(98)37(81-20(2)93)60(137-77)42(102)27(100)10-79/h24-73,85-91,97-115H,7-18H2,1-6H3,(H,80,92)(H,81,93)(H,82,94)(H,83,95)(H,84,96)(H,116,117)(H,118,119)/t24?,25?,26-,27-,28?,29?,30?,31?,32?,33?,34?,35?,36?,37?,38?,39?,40?,41+,42+,43?,44?,45?,46?,47?,48?,49?,50?,51?,52?,53?,54?,55?,56?,57?,58?,59?,60?,61?,62?,63?,64?,65?,66?,67?,68?,69?,70?,71?,72?,73?,76?,77?/m0/s1. The van der Waals surface area contributed by atoms with Crippen molar-refractivity contribution < 1.29 is 280 Å². The van der Waals surface area contributed by atoms with Gasteiger partial charge in [-0.2, -0.15) is 0 Å². The molecule has 139 heavy (non-hydrogen) atoms. The lowest BCUT2D eigenvalue weighted by Crippen LogP contribution is -2.71. The second-order valence-corrected chi connectivity index (χ2v) is 34.7. The van der Waals surface area contributed by atoms with Crippen molar-refractivity contribution in [2.24, 2.45) is 0 Å². The first-order valence-electron chi connectivity index (χ1n) is 43.7. The van der Waals surface area contributed by atoms with E-state index in [0.717, 1.165) is 41.7 Å². The molecule has 0 aromatic heterocycles. The highest BCUT2D eigenvalue weighted by molar-refractivity contribution is 5.78. The second kappa shape index (κ2) is 49.7. The molecule has 0 radical (unpaired) electrons. The lowest BCUT2D eigenvalue weighted by molar-refractivity contribution is -0.400. The highest BCUT2D eigenvalue weighted by Crippen LogP contribution is 2.45. The maximum Gasteiger partial charge on any atom is 0.364 e. The van der Waals surface area contributed by atoms with E-state index in [1.807, 2.05) is 0 Å². The smallest absolute Gasteiger partial charge is 0.364 e. The van der Waals surface area contributed by atoms with Crippen LogP contribution in [-0.4, -0.2) is 576 Å². The Balaban J connectivity index is 0.937. The van der Waals surface area contributed by atoms with Gasteiger partial charge in [-0.25, -0.2) is 18.4 Å². The molecule has 52 atom stereocenters. The number of carbonyl (C=O) groups is 7. The predicted molar refractivity (Wildman–Crippen MR) is 425 cm³/mol. The summed E-state index contributed by atoms with van der Waals surface area (Å²) in [4.78, 5) is 90.1. The van der Waals surface area contributed by atoms with Gasteiger partial charge in [-0.3, -0.25) is 24.0 Å². The van der Waals surface area contributed by atoms with E-state index in [0.29, 0.717) is 0 Å². The SMILES string of the molecule is COC1OC(CO)C(OC2OC(COC3OC(CO)C(O)C(O)C3OC3OC(CO)C(OC4OC(CO)C(O)C(OC5(C(=O)O)CC(O)C(NC(C)=O)C([C@H](O)[C@@H](O)CF)O5)C4O)C(O)C3NC(C)=O)C(O)C(OC3OC(CO)C(O)C(O)C3OC3OC(CO)C(OC4OC(CO)C(O)C(OC5(C(=O)O)CC(O)C(NC(C)=O)C([C@H](O)[C@@H](O)CF)O5)C4O)C(O)C3NC(C)=O)C2O)C(O)C1NC(C)=O. The molecule has 0 aromatic carbocycles. The van der Waals surface area contributed by atoms with Crippen LogP contribution in [0.5, 0.6) is 0 Å². The minimum atomic E-state index is -3.37. The number of carboxylic acids is 2. The molecule has 10 aliphatic heterocycles. The van der Waals surface area contributed by atoms with E-state index < -0.39 is 438 Å². The first kappa shape index (κ1) is 115. The third-order valence-electron chi connectivity index (χ3n) is 25.0. The average Bonchev–Trinajstić information content (AvgIpc) is 0.752. The number of aliphatic hydroxyl groups excluding tert-OH is 26. The Morgan fingerprint density at radius 3 is 0.906 bits per heavy atom. The van der Waals surface area contributed by atoms with Gasteiger partial charge in [-0.15, -0.1) is 0 Å². The van der Waals surface area contributed by atoms with E-state index in [4.69, 9.17) is 94.7 Å². The Labute approximate surface area is 784 Å². The zero-order valence-corrected chi connectivity index (χ0v) is 74.7. The molecular formula is C77H125F2N5O55. The maximum absolute atomic E-state index is 13.9.